The van der Waals surface area contributed by atoms with Gasteiger partial charge < -0.3 is 15.5 Å². The number of para-hydroxylation sites is 2. The first-order chi connectivity index (χ1) is 12.5. The Morgan fingerprint density at radius 1 is 1.08 bits per heavy atom. The Labute approximate surface area is 152 Å². The molecule has 3 rings (SSSR count). The van der Waals surface area contributed by atoms with Gasteiger partial charge in [-0.05, 0) is 30.7 Å². The lowest BCUT2D eigenvalue weighted by molar-refractivity contribution is -0.122. The van der Waals surface area contributed by atoms with Gasteiger partial charge in [0.1, 0.15) is 0 Å². The van der Waals surface area contributed by atoms with Crippen LogP contribution in [0.4, 0.5) is 11.4 Å². The minimum atomic E-state index is -0.458. The highest BCUT2D eigenvalue weighted by Gasteiger charge is 2.35. The van der Waals surface area contributed by atoms with E-state index in [0.29, 0.717) is 17.8 Å². The third-order valence-electron chi connectivity index (χ3n) is 4.56. The summed E-state index contributed by atoms with van der Waals surface area (Å²) in [4.78, 5) is 38.7. The van der Waals surface area contributed by atoms with Crippen molar-refractivity contribution in [2.45, 2.75) is 13.3 Å². The van der Waals surface area contributed by atoms with Gasteiger partial charge in [-0.3, -0.25) is 14.4 Å². The second-order valence-corrected chi connectivity index (χ2v) is 6.31. The van der Waals surface area contributed by atoms with Gasteiger partial charge in [0.25, 0.3) is 5.91 Å². The van der Waals surface area contributed by atoms with Gasteiger partial charge in [0.05, 0.1) is 17.2 Å². The maximum absolute atomic E-state index is 12.7. The molecule has 0 aromatic heterocycles. The molecule has 0 aliphatic carbocycles. The molecule has 0 spiro atoms. The minimum Gasteiger partial charge on any atom is -0.355 e. The van der Waals surface area contributed by atoms with E-state index in [2.05, 4.69) is 10.6 Å². The summed E-state index contributed by atoms with van der Waals surface area (Å²) in [6, 6.07) is 14.4. The van der Waals surface area contributed by atoms with Gasteiger partial charge >= 0.3 is 0 Å². The van der Waals surface area contributed by atoms with Crippen LogP contribution in [0.3, 0.4) is 0 Å². The van der Waals surface area contributed by atoms with Crippen LogP contribution >= 0.6 is 0 Å². The fraction of sp³-hybridized carbons (Fsp3) is 0.250. The van der Waals surface area contributed by atoms with Crippen molar-refractivity contribution in [3.63, 3.8) is 0 Å². The van der Waals surface area contributed by atoms with Gasteiger partial charge in [-0.25, -0.2) is 0 Å². The first-order valence-corrected chi connectivity index (χ1v) is 8.49. The number of nitrogens with zero attached hydrogens (tertiary/aromatic N) is 1. The predicted octanol–water partition coefficient (Wildman–Crippen LogP) is 2.35. The molecule has 1 aliphatic rings. The Bertz CT molecular complexity index is 863. The van der Waals surface area contributed by atoms with Crippen LogP contribution in [0.15, 0.2) is 48.5 Å². The number of benzene rings is 2. The van der Waals surface area contributed by atoms with Crippen molar-refractivity contribution in [2.75, 3.05) is 23.8 Å². The lowest BCUT2D eigenvalue weighted by Crippen LogP contribution is -2.29. The van der Waals surface area contributed by atoms with Crippen LogP contribution in [-0.4, -0.2) is 31.3 Å². The molecule has 1 atom stereocenters. The van der Waals surface area contributed by atoms with Crippen LogP contribution in [0.25, 0.3) is 0 Å². The number of nitrogens with one attached hydrogen (secondary N) is 2. The number of carbonyl (C=O) groups excluding carboxylic acids is 3. The van der Waals surface area contributed by atoms with E-state index in [1.807, 2.05) is 31.2 Å². The maximum atomic E-state index is 12.7. The van der Waals surface area contributed by atoms with Gasteiger partial charge in [0.2, 0.25) is 11.8 Å². The van der Waals surface area contributed by atoms with Crippen molar-refractivity contribution >= 4 is 29.1 Å². The van der Waals surface area contributed by atoms with Gasteiger partial charge in [0, 0.05) is 25.7 Å². The van der Waals surface area contributed by atoms with Gasteiger partial charge in [-0.15, -0.1) is 0 Å². The van der Waals surface area contributed by atoms with Crippen LogP contribution in [-0.2, 0) is 9.59 Å². The van der Waals surface area contributed by atoms with E-state index in [-0.39, 0.29) is 24.1 Å². The number of aryl methyl sites for hydroxylation is 1. The first-order valence-electron chi connectivity index (χ1n) is 8.49. The zero-order valence-electron chi connectivity index (χ0n) is 14.8. The molecule has 0 unspecified atom stereocenters. The van der Waals surface area contributed by atoms with Crippen LogP contribution in [0.1, 0.15) is 22.3 Å². The Kier molecular flexibility index (Phi) is 5.02. The number of anilines is 2. The molecule has 6 heteroatoms. The summed E-state index contributed by atoms with van der Waals surface area (Å²) >= 11 is 0. The van der Waals surface area contributed by atoms with E-state index in [0.717, 1.165) is 11.3 Å². The van der Waals surface area contributed by atoms with E-state index in [9.17, 15) is 14.4 Å². The normalized spacial score (nSPS) is 16.5. The molecule has 26 heavy (non-hydrogen) atoms. The zero-order chi connectivity index (χ0) is 18.7. The Balaban J connectivity index is 1.76. The molecule has 1 aliphatic heterocycles. The number of amides is 3. The van der Waals surface area contributed by atoms with Crippen molar-refractivity contribution in [1.29, 1.82) is 0 Å². The highest BCUT2D eigenvalue weighted by Crippen LogP contribution is 2.28. The highest BCUT2D eigenvalue weighted by molar-refractivity contribution is 6.07. The molecular formula is C20H21N3O3. The standard InChI is InChI=1S/C20H21N3O3/c1-13-7-3-6-10-17(13)23-12-14(11-18(23)24)19(25)22-16-9-5-4-8-15(16)20(26)21-2/h3-10,14H,11-12H2,1-2H3,(H,21,26)(H,22,25)/t14-/m1/s1. The molecule has 6 nitrogen and oxygen atoms in total. The Morgan fingerprint density at radius 2 is 1.77 bits per heavy atom. The Hall–Kier alpha value is -3.15. The third kappa shape index (κ3) is 3.44. The number of carbonyl (C=O) groups is 3. The summed E-state index contributed by atoms with van der Waals surface area (Å²) in [5.74, 6) is -1.06. The largest absolute Gasteiger partial charge is 0.355 e. The van der Waals surface area contributed by atoms with Crippen molar-refractivity contribution in [1.82, 2.24) is 5.32 Å². The lowest BCUT2D eigenvalue weighted by atomic mass is 10.1. The average Bonchev–Trinajstić information content (AvgIpc) is 3.03. The van der Waals surface area contributed by atoms with E-state index < -0.39 is 5.92 Å². The number of hydrogen-bond acceptors (Lipinski definition) is 3. The van der Waals surface area contributed by atoms with E-state index in [4.69, 9.17) is 0 Å². The summed E-state index contributed by atoms with van der Waals surface area (Å²) in [6.07, 6.45) is 0.155. The molecular weight excluding hydrogens is 330 g/mol. The van der Waals surface area contributed by atoms with Crippen LogP contribution < -0.4 is 15.5 Å². The predicted molar refractivity (Wildman–Crippen MR) is 100 cm³/mol. The Morgan fingerprint density at radius 3 is 2.50 bits per heavy atom. The summed E-state index contributed by atoms with van der Waals surface area (Å²) in [5, 5.41) is 5.35. The van der Waals surface area contributed by atoms with Crippen molar-refractivity contribution in [2.24, 2.45) is 5.92 Å². The quantitative estimate of drug-likeness (QED) is 0.887. The number of rotatable bonds is 4. The summed E-state index contributed by atoms with van der Waals surface area (Å²) < 4.78 is 0. The van der Waals surface area contributed by atoms with E-state index in [1.54, 1.807) is 29.2 Å². The minimum absolute atomic E-state index is 0.0703. The molecule has 2 aromatic rings. The first kappa shape index (κ1) is 17.7. The monoisotopic (exact) mass is 351 g/mol. The smallest absolute Gasteiger partial charge is 0.253 e. The molecule has 1 saturated heterocycles. The van der Waals surface area contributed by atoms with Crippen molar-refractivity contribution in [3.8, 4) is 0 Å². The topological polar surface area (TPSA) is 78.5 Å². The molecule has 3 amide bonds. The zero-order valence-corrected chi connectivity index (χ0v) is 14.8. The van der Waals surface area contributed by atoms with E-state index in [1.165, 1.54) is 7.05 Å². The molecule has 0 radical (unpaired) electrons. The molecule has 2 aromatic carbocycles. The van der Waals surface area contributed by atoms with Crippen LogP contribution in [0, 0.1) is 12.8 Å². The summed E-state index contributed by atoms with van der Waals surface area (Å²) in [5.41, 5.74) is 2.66. The van der Waals surface area contributed by atoms with Crippen LogP contribution in [0.5, 0.6) is 0 Å². The highest BCUT2D eigenvalue weighted by atomic mass is 16.2. The second-order valence-electron chi connectivity index (χ2n) is 6.31. The van der Waals surface area contributed by atoms with Gasteiger partial charge in [0.15, 0.2) is 0 Å². The summed E-state index contributed by atoms with van der Waals surface area (Å²) in [6.45, 7) is 2.27. The van der Waals surface area contributed by atoms with E-state index >= 15 is 0 Å². The van der Waals surface area contributed by atoms with Crippen molar-refractivity contribution < 1.29 is 14.4 Å². The van der Waals surface area contributed by atoms with Crippen molar-refractivity contribution in [3.05, 3.63) is 59.7 Å². The molecule has 0 bridgehead atoms. The average molecular weight is 351 g/mol. The molecule has 1 fully saturated rings. The second kappa shape index (κ2) is 7.39. The van der Waals surface area contributed by atoms with Gasteiger partial charge in [-0.2, -0.15) is 0 Å². The fourth-order valence-electron chi connectivity index (χ4n) is 3.14. The molecule has 0 saturated carbocycles. The molecule has 134 valence electrons. The third-order valence-corrected chi connectivity index (χ3v) is 4.56. The SMILES string of the molecule is CNC(=O)c1ccccc1NC(=O)[C@@H]1CC(=O)N(c2ccccc2C)C1. The lowest BCUT2D eigenvalue weighted by Gasteiger charge is -2.19. The molecule has 2 N–H and O–H groups in total. The maximum Gasteiger partial charge on any atom is 0.253 e. The summed E-state index contributed by atoms with van der Waals surface area (Å²) in [7, 11) is 1.54. The van der Waals surface area contributed by atoms with Gasteiger partial charge in [-0.1, -0.05) is 30.3 Å². The fourth-order valence-corrected chi connectivity index (χ4v) is 3.14. The molecule has 1 heterocycles. The number of hydrogen-bond donors (Lipinski definition) is 2. The van der Waals surface area contributed by atoms with Crippen LogP contribution in [0.2, 0.25) is 0 Å².